The molecule has 1 atom stereocenters. The smallest absolute Gasteiger partial charge is 0.0447 e. The molecule has 1 aromatic rings. The van der Waals surface area contributed by atoms with Gasteiger partial charge >= 0.3 is 0 Å². The van der Waals surface area contributed by atoms with Crippen molar-refractivity contribution in [3.8, 4) is 0 Å². The second-order valence-corrected chi connectivity index (χ2v) is 5.46. The molecule has 3 nitrogen and oxygen atoms in total. The van der Waals surface area contributed by atoms with Gasteiger partial charge in [0.25, 0.3) is 0 Å². The third-order valence-electron chi connectivity index (χ3n) is 4.23. The van der Waals surface area contributed by atoms with Crippen molar-refractivity contribution >= 4 is 5.69 Å². The Balaban J connectivity index is 2.07. The van der Waals surface area contributed by atoms with Gasteiger partial charge in [-0.3, -0.25) is 0 Å². The lowest BCUT2D eigenvalue weighted by atomic mass is 9.90. The first-order chi connectivity index (χ1) is 9.26. The van der Waals surface area contributed by atoms with Gasteiger partial charge in [-0.25, -0.2) is 0 Å². The van der Waals surface area contributed by atoms with Crippen LogP contribution in [0.2, 0.25) is 0 Å². The number of hydrogen-bond donors (Lipinski definition) is 2. The highest BCUT2D eigenvalue weighted by molar-refractivity contribution is 5.49. The number of anilines is 1. The lowest BCUT2D eigenvalue weighted by Crippen LogP contribution is -2.41. The molecule has 0 aromatic heterocycles. The average molecular weight is 262 g/mol. The Morgan fingerprint density at radius 1 is 1.32 bits per heavy atom. The maximum atomic E-state index is 9.05. The summed E-state index contributed by atoms with van der Waals surface area (Å²) in [5.41, 5.74) is 2.62. The topological polar surface area (TPSA) is 35.5 Å². The summed E-state index contributed by atoms with van der Waals surface area (Å²) >= 11 is 0. The van der Waals surface area contributed by atoms with E-state index in [9.17, 15) is 0 Å². The molecule has 0 spiro atoms. The van der Waals surface area contributed by atoms with Crippen molar-refractivity contribution in [3.05, 3.63) is 29.8 Å². The second-order valence-electron chi connectivity index (χ2n) is 5.46. The fourth-order valence-corrected chi connectivity index (χ4v) is 2.58. The second kappa shape index (κ2) is 6.92. The summed E-state index contributed by atoms with van der Waals surface area (Å²) in [5, 5.41) is 12.3. The summed E-state index contributed by atoms with van der Waals surface area (Å²) in [7, 11) is 1.99. The van der Waals surface area contributed by atoms with Crippen LogP contribution in [0.5, 0.6) is 0 Å². The summed E-state index contributed by atoms with van der Waals surface area (Å²) in [6, 6.07) is 9.93. The predicted octanol–water partition coefficient (Wildman–Crippen LogP) is 2.71. The fourth-order valence-electron chi connectivity index (χ4n) is 2.58. The molecule has 1 aliphatic carbocycles. The van der Waals surface area contributed by atoms with Gasteiger partial charge in [-0.15, -0.1) is 0 Å². The Morgan fingerprint density at radius 3 is 2.47 bits per heavy atom. The Kier molecular flexibility index (Phi) is 5.23. The third-order valence-corrected chi connectivity index (χ3v) is 4.23. The van der Waals surface area contributed by atoms with E-state index in [-0.39, 0.29) is 6.61 Å². The molecule has 106 valence electrons. The summed E-state index contributed by atoms with van der Waals surface area (Å²) in [6.45, 7) is 3.41. The number of nitrogens with zero attached hydrogens (tertiary/aromatic N) is 1. The van der Waals surface area contributed by atoms with E-state index >= 15 is 0 Å². The molecule has 19 heavy (non-hydrogen) atoms. The van der Waals surface area contributed by atoms with Crippen LogP contribution >= 0.6 is 0 Å². The molecule has 0 radical (unpaired) electrons. The number of aliphatic hydroxyl groups excluding tert-OH is 1. The van der Waals surface area contributed by atoms with Crippen LogP contribution < -0.4 is 10.2 Å². The van der Waals surface area contributed by atoms with Crippen molar-refractivity contribution in [2.45, 2.75) is 44.7 Å². The maximum Gasteiger partial charge on any atom is 0.0447 e. The van der Waals surface area contributed by atoms with Gasteiger partial charge in [0, 0.05) is 30.9 Å². The summed E-state index contributed by atoms with van der Waals surface area (Å²) < 4.78 is 0. The zero-order chi connectivity index (χ0) is 13.7. The molecule has 1 fully saturated rings. The van der Waals surface area contributed by atoms with E-state index in [0.717, 1.165) is 13.0 Å². The summed E-state index contributed by atoms with van der Waals surface area (Å²) in [5.74, 6) is 0. The quantitative estimate of drug-likeness (QED) is 0.793. The number of rotatable bonds is 7. The van der Waals surface area contributed by atoms with Crippen molar-refractivity contribution in [2.24, 2.45) is 0 Å². The first kappa shape index (κ1) is 14.4. The molecule has 2 N–H and O–H groups in total. The van der Waals surface area contributed by atoms with Crippen molar-refractivity contribution in [2.75, 3.05) is 25.1 Å². The normalized spacial score (nSPS) is 17.0. The van der Waals surface area contributed by atoms with Gasteiger partial charge in [-0.2, -0.15) is 0 Å². The standard InChI is InChI=1S/C16H26N2O/c1-13(17-2)14-7-9-16(10-8-14)18(11-4-12-19)15-5-3-6-15/h7-10,13,15,17,19H,3-6,11-12H2,1-2H3. The Bertz CT molecular complexity index is 373. The van der Waals surface area contributed by atoms with E-state index in [2.05, 4.69) is 41.4 Å². The molecule has 2 rings (SSSR count). The van der Waals surface area contributed by atoms with Crippen molar-refractivity contribution in [1.29, 1.82) is 0 Å². The van der Waals surface area contributed by atoms with Gasteiger partial charge < -0.3 is 15.3 Å². The Labute approximate surface area is 116 Å². The molecule has 0 bridgehead atoms. The van der Waals surface area contributed by atoms with Crippen LogP contribution in [0, 0.1) is 0 Å². The Morgan fingerprint density at radius 2 is 2.00 bits per heavy atom. The van der Waals surface area contributed by atoms with Crippen LogP contribution in [-0.4, -0.2) is 31.3 Å². The first-order valence-electron chi connectivity index (χ1n) is 7.41. The fraction of sp³-hybridized carbons (Fsp3) is 0.625. The lowest BCUT2D eigenvalue weighted by Gasteiger charge is -2.39. The predicted molar refractivity (Wildman–Crippen MR) is 80.6 cm³/mol. The highest BCUT2D eigenvalue weighted by atomic mass is 16.3. The molecule has 1 unspecified atom stereocenters. The first-order valence-corrected chi connectivity index (χ1v) is 7.41. The molecule has 3 heteroatoms. The SMILES string of the molecule is CNC(C)c1ccc(N(CCCO)C2CCC2)cc1. The molecular weight excluding hydrogens is 236 g/mol. The van der Waals surface area contributed by atoms with Gasteiger partial charge in [0.2, 0.25) is 0 Å². The van der Waals surface area contributed by atoms with Gasteiger partial charge in [-0.1, -0.05) is 12.1 Å². The zero-order valence-electron chi connectivity index (χ0n) is 12.1. The van der Waals surface area contributed by atoms with Gasteiger partial charge in [0.05, 0.1) is 0 Å². The number of hydrogen-bond acceptors (Lipinski definition) is 3. The molecule has 1 aliphatic rings. The van der Waals surface area contributed by atoms with Crippen LogP contribution in [0.25, 0.3) is 0 Å². The minimum atomic E-state index is 0.276. The highest BCUT2D eigenvalue weighted by Gasteiger charge is 2.24. The monoisotopic (exact) mass is 262 g/mol. The van der Waals surface area contributed by atoms with E-state index in [1.54, 1.807) is 0 Å². The van der Waals surface area contributed by atoms with Crippen LogP contribution in [0.1, 0.15) is 44.2 Å². The van der Waals surface area contributed by atoms with Crippen LogP contribution in [0.3, 0.4) is 0 Å². The van der Waals surface area contributed by atoms with E-state index in [0.29, 0.717) is 12.1 Å². The van der Waals surface area contributed by atoms with Crippen molar-refractivity contribution in [1.82, 2.24) is 5.32 Å². The van der Waals surface area contributed by atoms with Crippen molar-refractivity contribution < 1.29 is 5.11 Å². The van der Waals surface area contributed by atoms with Gasteiger partial charge in [0.15, 0.2) is 0 Å². The molecule has 1 aromatic carbocycles. The molecule has 0 saturated heterocycles. The van der Waals surface area contributed by atoms with Crippen molar-refractivity contribution in [3.63, 3.8) is 0 Å². The number of benzene rings is 1. The zero-order valence-corrected chi connectivity index (χ0v) is 12.1. The highest BCUT2D eigenvalue weighted by Crippen LogP contribution is 2.30. The van der Waals surface area contributed by atoms with Crippen LogP contribution in [0.15, 0.2) is 24.3 Å². The van der Waals surface area contributed by atoms with Gasteiger partial charge in [-0.05, 0) is 57.4 Å². The molecule has 0 aliphatic heterocycles. The summed E-state index contributed by atoms with van der Waals surface area (Å²) in [4.78, 5) is 2.47. The number of aliphatic hydroxyl groups is 1. The molecule has 1 saturated carbocycles. The minimum Gasteiger partial charge on any atom is -0.396 e. The molecular formula is C16H26N2O. The Hall–Kier alpha value is -1.06. The van der Waals surface area contributed by atoms with E-state index in [1.807, 2.05) is 7.05 Å². The van der Waals surface area contributed by atoms with E-state index in [4.69, 9.17) is 5.11 Å². The third kappa shape index (κ3) is 3.48. The number of nitrogens with one attached hydrogen (secondary N) is 1. The van der Waals surface area contributed by atoms with E-state index in [1.165, 1.54) is 30.5 Å². The lowest BCUT2D eigenvalue weighted by molar-refractivity contribution is 0.283. The molecule has 0 amide bonds. The average Bonchev–Trinajstić information content (AvgIpc) is 2.40. The minimum absolute atomic E-state index is 0.276. The van der Waals surface area contributed by atoms with Crippen LogP contribution in [0.4, 0.5) is 5.69 Å². The largest absolute Gasteiger partial charge is 0.396 e. The molecule has 0 heterocycles. The van der Waals surface area contributed by atoms with Crippen LogP contribution in [-0.2, 0) is 0 Å². The van der Waals surface area contributed by atoms with Gasteiger partial charge in [0.1, 0.15) is 0 Å². The van der Waals surface area contributed by atoms with E-state index < -0.39 is 0 Å². The summed E-state index contributed by atoms with van der Waals surface area (Å²) in [6.07, 6.45) is 4.78. The maximum absolute atomic E-state index is 9.05.